The minimum absolute atomic E-state index is 0.158. The quantitative estimate of drug-likeness (QED) is 0.829. The Morgan fingerprint density at radius 3 is 2.17 bits per heavy atom. The van der Waals surface area contributed by atoms with Gasteiger partial charge >= 0.3 is 5.91 Å². The standard InChI is InChI=1S/C14H13ClN2O/c1-10-4-3-5-11(2)17(10)16-14(18)12-6-8-13(15)9-7-12/h3-9H,1-2H3/p+1. The number of carbonyl (C=O) groups excluding carboxylic acids is 1. The number of hydrogen-bond donors (Lipinski definition) is 1. The van der Waals surface area contributed by atoms with Gasteiger partial charge in [0, 0.05) is 36.6 Å². The van der Waals surface area contributed by atoms with Crippen LogP contribution in [0.5, 0.6) is 0 Å². The molecule has 0 aliphatic rings. The molecule has 1 aromatic heterocycles. The van der Waals surface area contributed by atoms with Crippen LogP contribution in [0.15, 0.2) is 42.5 Å². The molecule has 1 amide bonds. The first-order chi connectivity index (χ1) is 8.58. The van der Waals surface area contributed by atoms with E-state index < -0.39 is 0 Å². The fourth-order valence-corrected chi connectivity index (χ4v) is 1.82. The van der Waals surface area contributed by atoms with Gasteiger partial charge in [0.05, 0.1) is 0 Å². The fourth-order valence-electron chi connectivity index (χ4n) is 1.70. The molecule has 92 valence electrons. The van der Waals surface area contributed by atoms with Crippen molar-refractivity contribution in [3.8, 4) is 0 Å². The maximum Gasteiger partial charge on any atom is 0.305 e. The third-order valence-electron chi connectivity index (χ3n) is 2.70. The first kappa shape index (κ1) is 12.6. The Bertz CT molecular complexity index is 559. The molecule has 2 aromatic rings. The number of nitrogens with zero attached hydrogens (tertiary/aromatic N) is 1. The number of amides is 1. The first-order valence-electron chi connectivity index (χ1n) is 5.63. The van der Waals surface area contributed by atoms with Crippen LogP contribution < -0.4 is 10.1 Å². The maximum atomic E-state index is 12.1. The zero-order valence-electron chi connectivity index (χ0n) is 10.3. The Balaban J connectivity index is 2.24. The van der Waals surface area contributed by atoms with Crippen molar-refractivity contribution in [2.75, 3.05) is 5.43 Å². The van der Waals surface area contributed by atoms with Crippen molar-refractivity contribution < 1.29 is 9.47 Å². The average Bonchev–Trinajstić information content (AvgIpc) is 2.34. The third kappa shape index (κ3) is 2.68. The van der Waals surface area contributed by atoms with Gasteiger partial charge in [-0.05, 0) is 30.3 Å². The minimum atomic E-state index is -0.158. The van der Waals surface area contributed by atoms with Crippen LogP contribution in [-0.2, 0) is 0 Å². The number of aryl methyl sites for hydroxylation is 2. The van der Waals surface area contributed by atoms with Gasteiger partial charge in [0.2, 0.25) is 11.4 Å². The number of aromatic nitrogens is 1. The molecule has 0 fully saturated rings. The van der Waals surface area contributed by atoms with E-state index in [1.807, 2.05) is 32.0 Å². The predicted octanol–water partition coefficient (Wildman–Crippen LogP) is 2.63. The molecular weight excluding hydrogens is 248 g/mol. The molecular formula is C14H14ClN2O+. The highest BCUT2D eigenvalue weighted by molar-refractivity contribution is 6.30. The molecule has 0 saturated heterocycles. The van der Waals surface area contributed by atoms with Crippen LogP contribution in [0, 0.1) is 13.8 Å². The lowest BCUT2D eigenvalue weighted by atomic mass is 10.2. The van der Waals surface area contributed by atoms with Gasteiger partial charge in [0.15, 0.2) is 0 Å². The van der Waals surface area contributed by atoms with Crippen molar-refractivity contribution in [1.29, 1.82) is 0 Å². The summed E-state index contributed by atoms with van der Waals surface area (Å²) in [6.07, 6.45) is 0. The molecule has 0 bridgehead atoms. The molecule has 0 radical (unpaired) electrons. The number of halogens is 1. The number of benzene rings is 1. The summed E-state index contributed by atoms with van der Waals surface area (Å²) in [4.78, 5) is 12.1. The van der Waals surface area contributed by atoms with Crippen molar-refractivity contribution in [3.63, 3.8) is 0 Å². The van der Waals surface area contributed by atoms with Crippen LogP contribution in [0.4, 0.5) is 0 Å². The second-order valence-electron chi connectivity index (χ2n) is 4.09. The van der Waals surface area contributed by atoms with E-state index in [1.54, 1.807) is 28.9 Å². The van der Waals surface area contributed by atoms with Crippen LogP contribution in [0.1, 0.15) is 21.7 Å². The predicted molar refractivity (Wildman–Crippen MR) is 71.3 cm³/mol. The van der Waals surface area contributed by atoms with Gasteiger partial charge in [0.1, 0.15) is 0 Å². The highest BCUT2D eigenvalue weighted by atomic mass is 35.5. The molecule has 0 saturated carbocycles. The highest BCUT2D eigenvalue weighted by Gasteiger charge is 2.15. The topological polar surface area (TPSA) is 33.0 Å². The van der Waals surface area contributed by atoms with E-state index >= 15 is 0 Å². The van der Waals surface area contributed by atoms with Gasteiger partial charge in [-0.25, -0.2) is 0 Å². The molecule has 2 rings (SSSR count). The fraction of sp³-hybridized carbons (Fsp3) is 0.143. The molecule has 1 N–H and O–H groups in total. The summed E-state index contributed by atoms with van der Waals surface area (Å²) in [5, 5.41) is 0.617. The summed E-state index contributed by atoms with van der Waals surface area (Å²) in [6, 6.07) is 12.6. The monoisotopic (exact) mass is 261 g/mol. The van der Waals surface area contributed by atoms with Crippen LogP contribution in [0.2, 0.25) is 5.02 Å². The lowest BCUT2D eigenvalue weighted by Gasteiger charge is -2.04. The zero-order valence-corrected chi connectivity index (χ0v) is 11.0. The number of nitrogens with one attached hydrogen (secondary N) is 1. The summed E-state index contributed by atoms with van der Waals surface area (Å²) < 4.78 is 1.76. The zero-order chi connectivity index (χ0) is 13.1. The van der Waals surface area contributed by atoms with Crippen LogP contribution in [0.25, 0.3) is 0 Å². The number of rotatable bonds is 2. The Kier molecular flexibility index (Phi) is 3.63. The molecule has 0 spiro atoms. The lowest BCUT2D eigenvalue weighted by Crippen LogP contribution is -2.52. The number of hydrogen-bond acceptors (Lipinski definition) is 1. The van der Waals surface area contributed by atoms with E-state index in [1.165, 1.54) is 0 Å². The molecule has 0 aliphatic heterocycles. The maximum absolute atomic E-state index is 12.1. The molecule has 0 aliphatic carbocycles. The van der Waals surface area contributed by atoms with Gasteiger partial charge in [-0.1, -0.05) is 16.3 Å². The summed E-state index contributed by atoms with van der Waals surface area (Å²) in [5.74, 6) is -0.158. The van der Waals surface area contributed by atoms with E-state index in [0.29, 0.717) is 10.6 Å². The smallest absolute Gasteiger partial charge is 0.264 e. The summed E-state index contributed by atoms with van der Waals surface area (Å²) in [5.41, 5.74) is 5.37. The third-order valence-corrected chi connectivity index (χ3v) is 2.95. The molecule has 18 heavy (non-hydrogen) atoms. The molecule has 0 atom stereocenters. The van der Waals surface area contributed by atoms with E-state index in [9.17, 15) is 4.79 Å². The molecule has 4 heteroatoms. The van der Waals surface area contributed by atoms with Crippen molar-refractivity contribution in [2.45, 2.75) is 13.8 Å². The average molecular weight is 262 g/mol. The second-order valence-corrected chi connectivity index (χ2v) is 4.53. The first-order valence-corrected chi connectivity index (χ1v) is 6.01. The Morgan fingerprint density at radius 1 is 1.06 bits per heavy atom. The van der Waals surface area contributed by atoms with Gasteiger partial charge in [0.25, 0.3) is 0 Å². The van der Waals surface area contributed by atoms with Crippen LogP contribution >= 0.6 is 11.6 Å². The SMILES string of the molecule is Cc1cccc(C)[n+]1NC(=O)c1ccc(Cl)cc1. The van der Waals surface area contributed by atoms with Crippen molar-refractivity contribution >= 4 is 17.5 Å². The van der Waals surface area contributed by atoms with Crippen molar-refractivity contribution in [2.24, 2.45) is 0 Å². The van der Waals surface area contributed by atoms with Crippen molar-refractivity contribution in [1.82, 2.24) is 0 Å². The van der Waals surface area contributed by atoms with Crippen LogP contribution in [0.3, 0.4) is 0 Å². The van der Waals surface area contributed by atoms with E-state index in [0.717, 1.165) is 11.4 Å². The summed E-state index contributed by atoms with van der Waals surface area (Å²) >= 11 is 5.79. The largest absolute Gasteiger partial charge is 0.305 e. The molecule has 1 aromatic carbocycles. The Labute approximate surface area is 111 Å². The molecule has 1 heterocycles. The number of pyridine rings is 1. The normalized spacial score (nSPS) is 10.2. The van der Waals surface area contributed by atoms with Gasteiger partial charge in [-0.2, -0.15) is 0 Å². The summed E-state index contributed by atoms with van der Waals surface area (Å²) in [7, 11) is 0. The van der Waals surface area contributed by atoms with Crippen molar-refractivity contribution in [3.05, 3.63) is 64.4 Å². The number of carbonyl (C=O) groups is 1. The Hall–Kier alpha value is -1.87. The van der Waals surface area contributed by atoms with E-state index in [-0.39, 0.29) is 5.91 Å². The minimum Gasteiger partial charge on any atom is -0.264 e. The summed E-state index contributed by atoms with van der Waals surface area (Å²) in [6.45, 7) is 3.88. The second kappa shape index (κ2) is 5.19. The molecule has 0 unspecified atom stereocenters. The van der Waals surface area contributed by atoms with Gasteiger partial charge in [-0.3, -0.25) is 4.79 Å². The molecule has 3 nitrogen and oxygen atoms in total. The van der Waals surface area contributed by atoms with E-state index in [2.05, 4.69) is 5.43 Å². The van der Waals surface area contributed by atoms with Gasteiger partial charge in [-0.15, -0.1) is 5.43 Å². The van der Waals surface area contributed by atoms with E-state index in [4.69, 9.17) is 11.6 Å². The Morgan fingerprint density at radius 2 is 1.61 bits per heavy atom. The highest BCUT2D eigenvalue weighted by Crippen LogP contribution is 2.09. The lowest BCUT2D eigenvalue weighted by molar-refractivity contribution is -0.654. The van der Waals surface area contributed by atoms with Crippen LogP contribution in [-0.4, -0.2) is 5.91 Å². The van der Waals surface area contributed by atoms with Gasteiger partial charge < -0.3 is 0 Å².